The van der Waals surface area contributed by atoms with E-state index in [1.807, 2.05) is 35.2 Å². The summed E-state index contributed by atoms with van der Waals surface area (Å²) in [5, 5.41) is 3.39. The SMILES string of the molecule is CC1NC(c2ccccc2)C(=O)N1CCCCN(C)C. The molecule has 110 valence electrons. The molecule has 2 atom stereocenters. The minimum absolute atomic E-state index is 0.118. The Morgan fingerprint density at radius 1 is 1.20 bits per heavy atom. The molecular weight excluding hydrogens is 250 g/mol. The van der Waals surface area contributed by atoms with E-state index in [0.717, 1.165) is 31.5 Å². The first-order valence-corrected chi connectivity index (χ1v) is 7.36. The zero-order chi connectivity index (χ0) is 14.5. The van der Waals surface area contributed by atoms with Crippen LogP contribution in [0.3, 0.4) is 0 Å². The molecule has 2 rings (SSSR count). The van der Waals surface area contributed by atoms with Gasteiger partial charge in [0.25, 0.3) is 0 Å². The van der Waals surface area contributed by atoms with Crippen molar-refractivity contribution in [1.82, 2.24) is 15.1 Å². The highest BCUT2D eigenvalue weighted by Crippen LogP contribution is 2.24. The molecule has 0 spiro atoms. The number of nitrogens with zero attached hydrogens (tertiary/aromatic N) is 2. The molecule has 1 saturated heterocycles. The number of rotatable bonds is 6. The smallest absolute Gasteiger partial charge is 0.245 e. The number of hydrogen-bond acceptors (Lipinski definition) is 3. The van der Waals surface area contributed by atoms with Crippen LogP contribution in [0, 0.1) is 0 Å². The van der Waals surface area contributed by atoms with Crippen LogP contribution in [0.5, 0.6) is 0 Å². The number of unbranched alkanes of at least 4 members (excludes halogenated alkanes) is 1. The highest BCUT2D eigenvalue weighted by molar-refractivity contribution is 5.85. The molecular formula is C16H25N3O. The second kappa shape index (κ2) is 6.86. The molecule has 1 N–H and O–H groups in total. The average molecular weight is 275 g/mol. The molecule has 0 saturated carbocycles. The first-order chi connectivity index (χ1) is 9.59. The van der Waals surface area contributed by atoms with E-state index in [0.29, 0.717) is 0 Å². The highest BCUT2D eigenvalue weighted by Gasteiger charge is 2.36. The Bertz CT molecular complexity index is 433. The van der Waals surface area contributed by atoms with Crippen molar-refractivity contribution in [3.8, 4) is 0 Å². The summed E-state index contributed by atoms with van der Waals surface area (Å²) in [6, 6.07) is 9.78. The lowest BCUT2D eigenvalue weighted by Gasteiger charge is -2.21. The van der Waals surface area contributed by atoms with Crippen molar-refractivity contribution in [2.75, 3.05) is 27.2 Å². The number of nitrogens with one attached hydrogen (secondary N) is 1. The Morgan fingerprint density at radius 2 is 1.90 bits per heavy atom. The van der Waals surface area contributed by atoms with Crippen LogP contribution in [0.2, 0.25) is 0 Å². The summed E-state index contributed by atoms with van der Waals surface area (Å²) in [5.41, 5.74) is 1.06. The third-order valence-electron chi connectivity index (χ3n) is 3.79. The summed E-state index contributed by atoms with van der Waals surface area (Å²) in [6.45, 7) is 3.98. The molecule has 0 radical (unpaired) electrons. The van der Waals surface area contributed by atoms with Gasteiger partial charge in [0.1, 0.15) is 6.04 Å². The van der Waals surface area contributed by atoms with Crippen LogP contribution in [0.15, 0.2) is 30.3 Å². The van der Waals surface area contributed by atoms with E-state index in [2.05, 4.69) is 31.2 Å². The van der Waals surface area contributed by atoms with Gasteiger partial charge in [-0.2, -0.15) is 0 Å². The Hall–Kier alpha value is -1.39. The van der Waals surface area contributed by atoms with Gasteiger partial charge in [-0.25, -0.2) is 0 Å². The Kier molecular flexibility index (Phi) is 5.15. The topological polar surface area (TPSA) is 35.6 Å². The minimum Gasteiger partial charge on any atom is -0.326 e. The molecule has 4 heteroatoms. The monoisotopic (exact) mass is 275 g/mol. The summed E-state index contributed by atoms with van der Waals surface area (Å²) >= 11 is 0. The standard InChI is InChI=1S/C16H25N3O/c1-13-17-15(14-9-5-4-6-10-14)16(20)19(13)12-8-7-11-18(2)3/h4-6,9-10,13,15,17H,7-8,11-12H2,1-3H3. The number of benzene rings is 1. The molecule has 20 heavy (non-hydrogen) atoms. The first-order valence-electron chi connectivity index (χ1n) is 7.36. The Labute approximate surface area is 121 Å². The molecule has 0 aliphatic carbocycles. The van der Waals surface area contributed by atoms with Gasteiger partial charge in [-0.15, -0.1) is 0 Å². The van der Waals surface area contributed by atoms with Crippen LogP contribution in [-0.2, 0) is 4.79 Å². The molecule has 1 fully saturated rings. The average Bonchev–Trinajstić information content (AvgIpc) is 2.71. The predicted octanol–water partition coefficient (Wildman–Crippen LogP) is 1.85. The fourth-order valence-electron chi connectivity index (χ4n) is 2.66. The zero-order valence-corrected chi connectivity index (χ0v) is 12.7. The molecule has 0 aromatic heterocycles. The summed E-state index contributed by atoms with van der Waals surface area (Å²) in [6.07, 6.45) is 2.30. The van der Waals surface area contributed by atoms with Gasteiger partial charge in [0.2, 0.25) is 5.91 Å². The van der Waals surface area contributed by atoms with Crippen molar-refractivity contribution >= 4 is 5.91 Å². The summed E-state index contributed by atoms with van der Waals surface area (Å²) < 4.78 is 0. The molecule has 1 aromatic carbocycles. The second-order valence-electron chi connectivity index (χ2n) is 5.73. The van der Waals surface area contributed by atoms with Crippen molar-refractivity contribution < 1.29 is 4.79 Å². The minimum atomic E-state index is -0.181. The Morgan fingerprint density at radius 3 is 2.55 bits per heavy atom. The van der Waals surface area contributed by atoms with Crippen LogP contribution in [0.1, 0.15) is 31.4 Å². The Balaban J connectivity index is 1.90. The molecule has 1 heterocycles. The van der Waals surface area contributed by atoms with Crippen LogP contribution in [0.25, 0.3) is 0 Å². The van der Waals surface area contributed by atoms with Crippen molar-refractivity contribution in [1.29, 1.82) is 0 Å². The molecule has 1 aliphatic heterocycles. The fraction of sp³-hybridized carbons (Fsp3) is 0.562. The van der Waals surface area contributed by atoms with E-state index in [4.69, 9.17) is 0 Å². The van der Waals surface area contributed by atoms with Gasteiger partial charge < -0.3 is 9.80 Å². The van der Waals surface area contributed by atoms with Crippen LogP contribution < -0.4 is 5.32 Å². The quantitative estimate of drug-likeness (QED) is 0.805. The van der Waals surface area contributed by atoms with Gasteiger partial charge in [0, 0.05) is 6.54 Å². The maximum absolute atomic E-state index is 12.5. The summed E-state index contributed by atoms with van der Waals surface area (Å²) in [4.78, 5) is 16.6. The van der Waals surface area contributed by atoms with Crippen LogP contribution in [-0.4, -0.2) is 49.1 Å². The molecule has 1 aliphatic rings. The summed E-state index contributed by atoms with van der Waals surface area (Å²) in [5.74, 6) is 0.202. The lowest BCUT2D eigenvalue weighted by atomic mass is 10.1. The van der Waals surface area contributed by atoms with Crippen LogP contribution in [0.4, 0.5) is 0 Å². The number of carbonyl (C=O) groups is 1. The van der Waals surface area contributed by atoms with Crippen molar-refractivity contribution in [2.45, 2.75) is 32.0 Å². The van der Waals surface area contributed by atoms with Gasteiger partial charge >= 0.3 is 0 Å². The van der Waals surface area contributed by atoms with E-state index in [1.165, 1.54) is 0 Å². The van der Waals surface area contributed by atoms with Crippen molar-refractivity contribution in [2.24, 2.45) is 0 Å². The van der Waals surface area contributed by atoms with E-state index in [-0.39, 0.29) is 18.1 Å². The van der Waals surface area contributed by atoms with Gasteiger partial charge in [-0.05, 0) is 46.0 Å². The molecule has 2 unspecified atom stereocenters. The first kappa shape index (κ1) is 15.0. The molecule has 1 amide bonds. The molecule has 0 bridgehead atoms. The largest absolute Gasteiger partial charge is 0.326 e. The van der Waals surface area contributed by atoms with Crippen LogP contribution >= 0.6 is 0 Å². The normalized spacial score (nSPS) is 22.8. The van der Waals surface area contributed by atoms with E-state index in [1.54, 1.807) is 0 Å². The third-order valence-corrected chi connectivity index (χ3v) is 3.79. The van der Waals surface area contributed by atoms with Crippen molar-refractivity contribution in [3.05, 3.63) is 35.9 Å². The van der Waals surface area contributed by atoms with Crippen molar-refractivity contribution in [3.63, 3.8) is 0 Å². The third kappa shape index (κ3) is 3.58. The molecule has 1 aromatic rings. The highest BCUT2D eigenvalue weighted by atomic mass is 16.2. The lowest BCUT2D eigenvalue weighted by molar-refractivity contribution is -0.130. The lowest BCUT2D eigenvalue weighted by Crippen LogP contribution is -2.35. The van der Waals surface area contributed by atoms with E-state index >= 15 is 0 Å². The predicted molar refractivity (Wildman–Crippen MR) is 81.3 cm³/mol. The van der Waals surface area contributed by atoms with E-state index < -0.39 is 0 Å². The number of amides is 1. The maximum atomic E-state index is 12.5. The maximum Gasteiger partial charge on any atom is 0.245 e. The van der Waals surface area contributed by atoms with Gasteiger partial charge in [0.15, 0.2) is 0 Å². The number of carbonyl (C=O) groups excluding carboxylic acids is 1. The summed E-state index contributed by atoms with van der Waals surface area (Å²) in [7, 11) is 4.16. The fourth-order valence-corrected chi connectivity index (χ4v) is 2.66. The second-order valence-corrected chi connectivity index (χ2v) is 5.73. The zero-order valence-electron chi connectivity index (χ0n) is 12.7. The van der Waals surface area contributed by atoms with E-state index in [9.17, 15) is 4.79 Å². The van der Waals surface area contributed by atoms with Gasteiger partial charge in [-0.3, -0.25) is 10.1 Å². The van der Waals surface area contributed by atoms with Gasteiger partial charge in [0.05, 0.1) is 6.17 Å². The molecule has 4 nitrogen and oxygen atoms in total. The number of hydrogen-bond donors (Lipinski definition) is 1. The van der Waals surface area contributed by atoms with Gasteiger partial charge in [-0.1, -0.05) is 30.3 Å².